The first kappa shape index (κ1) is 23.6. The minimum atomic E-state index is -0.785. The standard InChI is InChI=1S/C15H18N2O3.C10H10N2O/c1-10(5-6-14(18)19)17-13-9-12(20-2)8-11-4-3-7-16-15(11)13;1-13-8-5-7-3-2-4-12-10(7)9(11)6-8/h3-4,7-10,17H,5-6H2,1-2H3,(H,18,19);2-6H,11H2,1H3. The van der Waals surface area contributed by atoms with Gasteiger partial charge in [0.05, 0.1) is 36.6 Å². The number of hydrogen-bond donors (Lipinski definition) is 3. The molecule has 0 amide bonds. The molecule has 1 atom stereocenters. The SMILES string of the molecule is COc1cc(N)c2ncccc2c1.COc1cc(NC(C)CCC(=O)O)c2ncccc2c1. The van der Waals surface area contributed by atoms with Crippen molar-refractivity contribution < 1.29 is 19.4 Å². The molecule has 0 aliphatic rings. The minimum absolute atomic E-state index is 0.0448. The number of benzene rings is 2. The van der Waals surface area contributed by atoms with Gasteiger partial charge in [0.15, 0.2) is 0 Å². The molecule has 2 aromatic carbocycles. The number of nitrogens with two attached hydrogens (primary N) is 1. The first-order valence-electron chi connectivity index (χ1n) is 10.5. The lowest BCUT2D eigenvalue weighted by molar-refractivity contribution is -0.137. The number of aliphatic carboxylic acids is 1. The molecule has 8 heteroatoms. The lowest BCUT2D eigenvalue weighted by Crippen LogP contribution is -2.17. The molecule has 172 valence electrons. The number of pyridine rings is 2. The molecule has 2 heterocycles. The Morgan fingerprint density at radius 2 is 1.58 bits per heavy atom. The Labute approximate surface area is 192 Å². The Morgan fingerprint density at radius 1 is 1.00 bits per heavy atom. The molecule has 0 saturated carbocycles. The van der Waals surface area contributed by atoms with Crippen molar-refractivity contribution in [2.45, 2.75) is 25.8 Å². The highest BCUT2D eigenvalue weighted by Gasteiger charge is 2.10. The fourth-order valence-electron chi connectivity index (χ4n) is 3.38. The molecule has 0 aliphatic heterocycles. The quantitative estimate of drug-likeness (QED) is 0.347. The molecule has 8 nitrogen and oxygen atoms in total. The highest BCUT2D eigenvalue weighted by molar-refractivity contribution is 5.92. The number of nitrogen functional groups attached to an aromatic ring is 1. The normalized spacial score (nSPS) is 11.4. The van der Waals surface area contributed by atoms with Crippen molar-refractivity contribution in [1.29, 1.82) is 0 Å². The average molecular weight is 449 g/mol. The van der Waals surface area contributed by atoms with Crippen molar-refractivity contribution >= 4 is 39.1 Å². The number of hydrogen-bond acceptors (Lipinski definition) is 7. The summed E-state index contributed by atoms with van der Waals surface area (Å²) in [6.07, 6.45) is 4.16. The Bertz CT molecular complexity index is 1250. The van der Waals surface area contributed by atoms with E-state index in [1.165, 1.54) is 0 Å². The molecule has 0 saturated heterocycles. The number of carbonyl (C=O) groups is 1. The van der Waals surface area contributed by atoms with Crippen molar-refractivity contribution in [2.75, 3.05) is 25.3 Å². The van der Waals surface area contributed by atoms with Gasteiger partial charge in [0.1, 0.15) is 11.5 Å². The molecule has 2 aromatic heterocycles. The fourth-order valence-corrected chi connectivity index (χ4v) is 3.38. The summed E-state index contributed by atoms with van der Waals surface area (Å²) in [4.78, 5) is 19.2. The van der Waals surface area contributed by atoms with Crippen molar-refractivity contribution in [1.82, 2.24) is 9.97 Å². The predicted molar refractivity (Wildman–Crippen MR) is 131 cm³/mol. The van der Waals surface area contributed by atoms with Crippen LogP contribution < -0.4 is 20.5 Å². The molecule has 4 rings (SSSR count). The molecular formula is C25H28N4O4. The van der Waals surface area contributed by atoms with E-state index in [1.54, 1.807) is 32.7 Å². The van der Waals surface area contributed by atoms with E-state index < -0.39 is 5.97 Å². The third-order valence-electron chi connectivity index (χ3n) is 5.05. The van der Waals surface area contributed by atoms with Gasteiger partial charge in [0.25, 0.3) is 0 Å². The van der Waals surface area contributed by atoms with Crippen LogP contribution in [-0.2, 0) is 4.79 Å². The second-order valence-electron chi connectivity index (χ2n) is 7.52. The monoisotopic (exact) mass is 448 g/mol. The predicted octanol–water partition coefficient (Wildman–Crippen LogP) is 4.73. The number of aromatic nitrogens is 2. The zero-order valence-electron chi connectivity index (χ0n) is 18.9. The number of methoxy groups -OCH3 is 2. The second kappa shape index (κ2) is 11.0. The lowest BCUT2D eigenvalue weighted by atomic mass is 10.1. The Kier molecular flexibility index (Phi) is 7.86. The van der Waals surface area contributed by atoms with Gasteiger partial charge in [0.2, 0.25) is 0 Å². The summed E-state index contributed by atoms with van der Waals surface area (Å²) in [5, 5.41) is 14.0. The molecule has 0 radical (unpaired) electrons. The highest BCUT2D eigenvalue weighted by Crippen LogP contribution is 2.28. The Morgan fingerprint density at radius 3 is 2.18 bits per heavy atom. The molecule has 33 heavy (non-hydrogen) atoms. The zero-order chi connectivity index (χ0) is 23.8. The molecule has 4 N–H and O–H groups in total. The number of carboxylic acid groups (broad SMARTS) is 1. The molecule has 1 unspecified atom stereocenters. The van der Waals surface area contributed by atoms with Gasteiger partial charge >= 0.3 is 5.97 Å². The van der Waals surface area contributed by atoms with Crippen LogP contribution in [0.15, 0.2) is 60.9 Å². The van der Waals surface area contributed by atoms with E-state index in [0.29, 0.717) is 12.1 Å². The number of fused-ring (bicyclic) bond motifs is 2. The fraction of sp³-hybridized carbons (Fsp3) is 0.240. The Hall–Kier alpha value is -4.07. The lowest BCUT2D eigenvalue weighted by Gasteiger charge is -2.16. The first-order chi connectivity index (χ1) is 15.9. The van der Waals surface area contributed by atoms with Crippen molar-refractivity contribution in [3.05, 3.63) is 60.9 Å². The van der Waals surface area contributed by atoms with Crippen LogP contribution in [0.4, 0.5) is 11.4 Å². The van der Waals surface area contributed by atoms with E-state index in [0.717, 1.165) is 39.0 Å². The second-order valence-corrected chi connectivity index (χ2v) is 7.52. The number of rotatable bonds is 7. The maximum Gasteiger partial charge on any atom is 0.303 e. The number of nitrogens with one attached hydrogen (secondary N) is 1. The van der Waals surface area contributed by atoms with Crippen LogP contribution in [0, 0.1) is 0 Å². The number of nitrogens with zero attached hydrogens (tertiary/aromatic N) is 2. The molecule has 0 aliphatic carbocycles. The van der Waals surface area contributed by atoms with Gasteiger partial charge in [0, 0.05) is 47.8 Å². The molecule has 0 bridgehead atoms. The highest BCUT2D eigenvalue weighted by atomic mass is 16.5. The number of anilines is 2. The van der Waals surface area contributed by atoms with Gasteiger partial charge in [-0.05, 0) is 37.6 Å². The van der Waals surface area contributed by atoms with Gasteiger partial charge in [-0.3, -0.25) is 14.8 Å². The summed E-state index contributed by atoms with van der Waals surface area (Å²) in [5.41, 5.74) is 8.98. The summed E-state index contributed by atoms with van der Waals surface area (Å²) in [6, 6.07) is 15.2. The van der Waals surface area contributed by atoms with Crippen LogP contribution in [-0.4, -0.2) is 41.3 Å². The number of ether oxygens (including phenoxy) is 2. The summed E-state index contributed by atoms with van der Waals surface area (Å²) in [7, 11) is 3.24. The summed E-state index contributed by atoms with van der Waals surface area (Å²) >= 11 is 0. The minimum Gasteiger partial charge on any atom is -0.497 e. The molecule has 0 spiro atoms. The topological polar surface area (TPSA) is 120 Å². The van der Waals surface area contributed by atoms with E-state index in [9.17, 15) is 4.79 Å². The van der Waals surface area contributed by atoms with Crippen LogP contribution in [0.1, 0.15) is 19.8 Å². The molecule has 4 aromatic rings. The molecular weight excluding hydrogens is 420 g/mol. The maximum absolute atomic E-state index is 10.6. The first-order valence-corrected chi connectivity index (χ1v) is 10.5. The summed E-state index contributed by atoms with van der Waals surface area (Å²) < 4.78 is 10.4. The summed E-state index contributed by atoms with van der Waals surface area (Å²) in [6.45, 7) is 1.96. The van der Waals surface area contributed by atoms with E-state index in [4.69, 9.17) is 20.3 Å². The Balaban J connectivity index is 0.000000203. The van der Waals surface area contributed by atoms with Crippen LogP contribution in [0.3, 0.4) is 0 Å². The third-order valence-corrected chi connectivity index (χ3v) is 5.05. The zero-order valence-corrected chi connectivity index (χ0v) is 18.9. The van der Waals surface area contributed by atoms with E-state index in [-0.39, 0.29) is 12.5 Å². The third kappa shape index (κ3) is 6.22. The van der Waals surface area contributed by atoms with Gasteiger partial charge < -0.3 is 25.6 Å². The van der Waals surface area contributed by atoms with Crippen molar-refractivity contribution in [2.24, 2.45) is 0 Å². The van der Waals surface area contributed by atoms with Gasteiger partial charge in [-0.15, -0.1) is 0 Å². The van der Waals surface area contributed by atoms with Gasteiger partial charge in [-0.2, -0.15) is 0 Å². The van der Waals surface area contributed by atoms with E-state index in [1.807, 2.05) is 49.4 Å². The van der Waals surface area contributed by atoms with Crippen LogP contribution in [0.25, 0.3) is 21.8 Å². The van der Waals surface area contributed by atoms with Gasteiger partial charge in [-0.1, -0.05) is 12.1 Å². The maximum atomic E-state index is 10.6. The van der Waals surface area contributed by atoms with Crippen LogP contribution in [0.5, 0.6) is 11.5 Å². The van der Waals surface area contributed by atoms with Crippen molar-refractivity contribution in [3.63, 3.8) is 0 Å². The van der Waals surface area contributed by atoms with Crippen LogP contribution in [0.2, 0.25) is 0 Å². The van der Waals surface area contributed by atoms with E-state index >= 15 is 0 Å². The summed E-state index contributed by atoms with van der Waals surface area (Å²) in [5.74, 6) is 0.726. The van der Waals surface area contributed by atoms with E-state index in [2.05, 4.69) is 15.3 Å². The molecule has 0 fully saturated rings. The van der Waals surface area contributed by atoms with Crippen LogP contribution >= 0.6 is 0 Å². The smallest absolute Gasteiger partial charge is 0.303 e. The largest absolute Gasteiger partial charge is 0.497 e. The van der Waals surface area contributed by atoms with Crippen molar-refractivity contribution in [3.8, 4) is 11.5 Å². The number of carboxylic acids is 1. The average Bonchev–Trinajstić information content (AvgIpc) is 2.83. The van der Waals surface area contributed by atoms with Gasteiger partial charge in [-0.25, -0.2) is 0 Å².